The van der Waals surface area contributed by atoms with E-state index in [2.05, 4.69) is 58.9 Å². The second-order valence-electron chi connectivity index (χ2n) is 6.84. The Morgan fingerprint density at radius 3 is 2.52 bits per heavy atom. The average molecular weight is 283 g/mol. The largest absolute Gasteiger partial charge is 0.372 e. The van der Waals surface area contributed by atoms with Gasteiger partial charge in [-0.3, -0.25) is 0 Å². The van der Waals surface area contributed by atoms with Gasteiger partial charge < -0.3 is 14.4 Å². The van der Waals surface area contributed by atoms with Gasteiger partial charge in [0.05, 0.1) is 0 Å². The number of rotatable bonds is 3. The molecule has 0 amide bonds. The van der Waals surface area contributed by atoms with E-state index in [-0.39, 0.29) is 0 Å². The number of aromatic nitrogens is 1. The van der Waals surface area contributed by atoms with E-state index in [0.717, 1.165) is 0 Å². The maximum Gasteiger partial charge on any atom is 0.0492 e. The minimum absolute atomic E-state index is 0.648. The number of hydrogen-bond acceptors (Lipinski definition) is 2. The predicted octanol–water partition coefficient (Wildman–Crippen LogP) is 3.51. The van der Waals surface area contributed by atoms with Crippen molar-refractivity contribution in [2.75, 3.05) is 32.1 Å². The summed E-state index contributed by atoms with van der Waals surface area (Å²) in [6, 6.07) is 10.6. The van der Waals surface area contributed by atoms with Gasteiger partial charge in [0.25, 0.3) is 0 Å². The first-order chi connectivity index (χ1) is 10.2. The highest BCUT2D eigenvalue weighted by Crippen LogP contribution is 2.38. The number of anilines is 1. The van der Waals surface area contributed by atoms with E-state index in [4.69, 9.17) is 0 Å². The predicted molar refractivity (Wildman–Crippen MR) is 89.1 cm³/mol. The van der Waals surface area contributed by atoms with Gasteiger partial charge in [-0.05, 0) is 64.0 Å². The zero-order chi connectivity index (χ0) is 14.4. The molecule has 0 spiro atoms. The van der Waals surface area contributed by atoms with Crippen LogP contribution in [0.1, 0.15) is 31.7 Å². The van der Waals surface area contributed by atoms with Crippen LogP contribution in [0.4, 0.5) is 5.69 Å². The van der Waals surface area contributed by atoms with Crippen LogP contribution in [-0.2, 0) is 0 Å². The zero-order valence-electron chi connectivity index (χ0n) is 13.1. The molecule has 1 saturated carbocycles. The summed E-state index contributed by atoms with van der Waals surface area (Å²) in [5.41, 5.74) is 2.80. The summed E-state index contributed by atoms with van der Waals surface area (Å²) in [6.07, 6.45) is 7.60. The summed E-state index contributed by atoms with van der Waals surface area (Å²) in [6.45, 7) is 2.44. The Morgan fingerprint density at radius 2 is 1.86 bits per heavy atom. The molecule has 2 aromatic rings. The van der Waals surface area contributed by atoms with Crippen LogP contribution < -0.4 is 4.90 Å². The number of fused-ring (bicyclic) bond motifs is 1. The summed E-state index contributed by atoms with van der Waals surface area (Å²) in [7, 11) is 4.40. The fourth-order valence-electron chi connectivity index (χ4n) is 4.00. The summed E-state index contributed by atoms with van der Waals surface area (Å²) in [4.78, 5) is 4.89. The van der Waals surface area contributed by atoms with Crippen molar-refractivity contribution < 1.29 is 0 Å². The van der Waals surface area contributed by atoms with E-state index < -0.39 is 0 Å². The number of likely N-dealkylation sites (N-methyl/N-ethyl adjacent to an activating group) is 1. The topological polar surface area (TPSA) is 11.4 Å². The van der Waals surface area contributed by atoms with Crippen molar-refractivity contribution in [3.05, 3.63) is 30.5 Å². The van der Waals surface area contributed by atoms with Crippen molar-refractivity contribution in [3.63, 3.8) is 0 Å². The third kappa shape index (κ3) is 2.15. The van der Waals surface area contributed by atoms with Crippen molar-refractivity contribution in [1.82, 2.24) is 9.47 Å². The maximum absolute atomic E-state index is 2.52. The van der Waals surface area contributed by atoms with Crippen LogP contribution in [0, 0.1) is 0 Å². The minimum Gasteiger partial charge on any atom is -0.372 e. The molecular weight excluding hydrogens is 258 g/mol. The van der Waals surface area contributed by atoms with Gasteiger partial charge in [-0.2, -0.15) is 0 Å². The Labute approximate surface area is 127 Å². The monoisotopic (exact) mass is 283 g/mol. The molecule has 1 saturated heterocycles. The van der Waals surface area contributed by atoms with Gasteiger partial charge in [0.1, 0.15) is 0 Å². The van der Waals surface area contributed by atoms with Crippen LogP contribution in [0.2, 0.25) is 0 Å². The van der Waals surface area contributed by atoms with Crippen molar-refractivity contribution >= 4 is 16.6 Å². The van der Waals surface area contributed by atoms with Gasteiger partial charge in [0.2, 0.25) is 0 Å². The van der Waals surface area contributed by atoms with E-state index in [1.165, 1.54) is 55.4 Å². The Hall–Kier alpha value is -1.48. The van der Waals surface area contributed by atoms with Gasteiger partial charge >= 0.3 is 0 Å². The molecule has 1 aliphatic heterocycles. The molecule has 3 heteroatoms. The molecule has 2 heterocycles. The Kier molecular flexibility index (Phi) is 3.18. The first-order valence-electron chi connectivity index (χ1n) is 8.26. The molecule has 1 aromatic carbocycles. The number of benzene rings is 1. The maximum atomic E-state index is 2.52. The molecule has 112 valence electrons. The van der Waals surface area contributed by atoms with Gasteiger partial charge in [0.15, 0.2) is 0 Å². The Bertz CT molecular complexity index is 637. The molecule has 1 aromatic heterocycles. The smallest absolute Gasteiger partial charge is 0.0492 e. The number of nitrogens with zero attached hydrogens (tertiary/aromatic N) is 3. The van der Waals surface area contributed by atoms with E-state index in [1.54, 1.807) is 0 Å². The van der Waals surface area contributed by atoms with E-state index in [9.17, 15) is 0 Å². The van der Waals surface area contributed by atoms with Crippen molar-refractivity contribution in [2.45, 2.75) is 37.8 Å². The lowest BCUT2D eigenvalue weighted by atomic mass is 9.85. The van der Waals surface area contributed by atoms with Gasteiger partial charge in [-0.25, -0.2) is 0 Å². The molecule has 3 nitrogen and oxygen atoms in total. The van der Waals surface area contributed by atoms with E-state index in [0.29, 0.717) is 12.1 Å². The highest BCUT2D eigenvalue weighted by atomic mass is 15.2. The minimum atomic E-state index is 0.648. The van der Waals surface area contributed by atoms with Crippen LogP contribution in [0.25, 0.3) is 10.9 Å². The van der Waals surface area contributed by atoms with Gasteiger partial charge in [0, 0.05) is 48.0 Å². The average Bonchev–Trinajstić information content (AvgIpc) is 3.06. The molecule has 21 heavy (non-hydrogen) atoms. The molecule has 0 N–H and O–H groups in total. The summed E-state index contributed by atoms with van der Waals surface area (Å²) < 4.78 is 2.50. The first kappa shape index (κ1) is 13.2. The van der Waals surface area contributed by atoms with Crippen LogP contribution in [-0.4, -0.2) is 42.7 Å². The van der Waals surface area contributed by atoms with Crippen LogP contribution >= 0.6 is 0 Å². The second kappa shape index (κ2) is 5.06. The molecule has 1 aliphatic carbocycles. The van der Waals surface area contributed by atoms with Crippen LogP contribution in [0.5, 0.6) is 0 Å². The normalized spacial score (nSPS) is 25.8. The Balaban J connectivity index is 1.66. The lowest BCUT2D eigenvalue weighted by Crippen LogP contribution is -2.43. The lowest BCUT2D eigenvalue weighted by Gasteiger charge is -2.42. The van der Waals surface area contributed by atoms with Gasteiger partial charge in [-0.1, -0.05) is 0 Å². The fourth-order valence-corrected chi connectivity index (χ4v) is 4.00. The highest BCUT2D eigenvalue weighted by Gasteiger charge is 2.34. The van der Waals surface area contributed by atoms with Crippen molar-refractivity contribution in [1.29, 1.82) is 0 Å². The van der Waals surface area contributed by atoms with Crippen LogP contribution in [0.15, 0.2) is 30.5 Å². The number of hydrogen-bond donors (Lipinski definition) is 0. The molecule has 0 bridgehead atoms. The third-order valence-corrected chi connectivity index (χ3v) is 5.40. The summed E-state index contributed by atoms with van der Waals surface area (Å²) >= 11 is 0. The molecule has 4 rings (SSSR count). The second-order valence-corrected chi connectivity index (χ2v) is 6.84. The SMILES string of the molecule is CN(C)C1CCC1n1ccc2cc(N3CCCC3)ccc21. The van der Waals surface area contributed by atoms with E-state index in [1.807, 2.05) is 0 Å². The zero-order valence-corrected chi connectivity index (χ0v) is 13.1. The van der Waals surface area contributed by atoms with E-state index >= 15 is 0 Å². The molecular formula is C18H25N3. The molecule has 2 aliphatic rings. The van der Waals surface area contributed by atoms with Crippen LogP contribution in [0.3, 0.4) is 0 Å². The summed E-state index contributed by atoms with van der Waals surface area (Å²) in [5.74, 6) is 0. The Morgan fingerprint density at radius 1 is 1.05 bits per heavy atom. The highest BCUT2D eigenvalue weighted by molar-refractivity contribution is 5.84. The quantitative estimate of drug-likeness (QED) is 0.854. The molecule has 2 unspecified atom stereocenters. The molecule has 2 fully saturated rings. The molecule has 0 radical (unpaired) electrons. The standard InChI is InChI=1S/C18H25N3/c1-19(2)17-7-8-18(17)21-12-9-14-13-15(5-6-16(14)21)20-10-3-4-11-20/h5-6,9,12-13,17-18H,3-4,7-8,10-11H2,1-2H3. The van der Waals surface area contributed by atoms with Gasteiger partial charge in [-0.15, -0.1) is 0 Å². The molecule has 2 atom stereocenters. The summed E-state index contributed by atoms with van der Waals surface area (Å²) in [5, 5.41) is 1.39. The fraction of sp³-hybridized carbons (Fsp3) is 0.556. The lowest BCUT2D eigenvalue weighted by molar-refractivity contribution is 0.116. The van der Waals surface area contributed by atoms with Crippen molar-refractivity contribution in [3.8, 4) is 0 Å². The van der Waals surface area contributed by atoms with Crippen molar-refractivity contribution in [2.24, 2.45) is 0 Å². The third-order valence-electron chi connectivity index (χ3n) is 5.40. The first-order valence-corrected chi connectivity index (χ1v) is 8.26.